The normalized spacial score (nSPS) is 20.6. The van der Waals surface area contributed by atoms with Crippen molar-refractivity contribution in [3.05, 3.63) is 20.8 Å². The molecule has 21 heavy (non-hydrogen) atoms. The van der Waals surface area contributed by atoms with Crippen molar-refractivity contribution in [1.82, 2.24) is 4.90 Å². The van der Waals surface area contributed by atoms with Gasteiger partial charge < -0.3 is 9.64 Å². The summed E-state index contributed by atoms with van der Waals surface area (Å²) in [6, 6.07) is 3.38. The lowest BCUT2D eigenvalue weighted by atomic mass is 10.2. The molecule has 1 atom stereocenters. The van der Waals surface area contributed by atoms with E-state index < -0.39 is 9.84 Å². The Bertz CT molecular complexity index is 599. The molecule has 1 unspecified atom stereocenters. The van der Waals surface area contributed by atoms with Gasteiger partial charge in [0.15, 0.2) is 9.84 Å². The zero-order valence-electron chi connectivity index (χ0n) is 11.7. The summed E-state index contributed by atoms with van der Waals surface area (Å²) in [6.07, 6.45) is 1.22. The number of thiophene rings is 1. The number of rotatable bonds is 6. The van der Waals surface area contributed by atoms with E-state index in [1.54, 1.807) is 18.1 Å². The highest BCUT2D eigenvalue weighted by Crippen LogP contribution is 2.26. The van der Waals surface area contributed by atoms with Gasteiger partial charge in [0.05, 0.1) is 20.2 Å². The molecule has 1 amide bonds. The number of carbonyl (C=O) groups is 1. The van der Waals surface area contributed by atoms with Crippen LogP contribution in [0.15, 0.2) is 15.9 Å². The first-order valence-electron chi connectivity index (χ1n) is 6.68. The number of amides is 1. The monoisotopic (exact) mass is 395 g/mol. The molecule has 8 heteroatoms. The predicted molar refractivity (Wildman–Crippen MR) is 86.6 cm³/mol. The lowest BCUT2D eigenvalue weighted by Gasteiger charge is -2.27. The molecule has 0 radical (unpaired) electrons. The number of hydrogen-bond donors (Lipinski definition) is 0. The minimum absolute atomic E-state index is 0.0677. The summed E-state index contributed by atoms with van der Waals surface area (Å²) < 4.78 is 29.3. The van der Waals surface area contributed by atoms with Crippen LogP contribution in [0, 0.1) is 0 Å². The minimum atomic E-state index is -3.01. The molecule has 0 spiro atoms. The van der Waals surface area contributed by atoms with Crippen LogP contribution in [0.2, 0.25) is 0 Å². The maximum atomic E-state index is 12.6. The Morgan fingerprint density at radius 1 is 1.52 bits per heavy atom. The van der Waals surface area contributed by atoms with Gasteiger partial charge >= 0.3 is 0 Å². The van der Waals surface area contributed by atoms with Crippen LogP contribution in [0.3, 0.4) is 0 Å². The van der Waals surface area contributed by atoms with Crippen molar-refractivity contribution in [2.45, 2.75) is 18.9 Å². The van der Waals surface area contributed by atoms with Crippen molar-refractivity contribution in [3.8, 4) is 0 Å². The SMILES string of the molecule is COCCCN(C(=O)c1ccc(Br)s1)C1CCS(=O)(=O)C1. The Balaban J connectivity index is 2.13. The van der Waals surface area contributed by atoms with E-state index in [1.807, 2.05) is 6.07 Å². The molecule has 0 saturated carbocycles. The van der Waals surface area contributed by atoms with Gasteiger partial charge in [-0.25, -0.2) is 8.42 Å². The lowest BCUT2D eigenvalue weighted by Crippen LogP contribution is -2.41. The van der Waals surface area contributed by atoms with Gasteiger partial charge in [-0.2, -0.15) is 0 Å². The summed E-state index contributed by atoms with van der Waals surface area (Å²) in [6.45, 7) is 1.07. The van der Waals surface area contributed by atoms with Crippen molar-refractivity contribution in [2.24, 2.45) is 0 Å². The van der Waals surface area contributed by atoms with Crippen LogP contribution in [0.1, 0.15) is 22.5 Å². The van der Waals surface area contributed by atoms with E-state index >= 15 is 0 Å². The lowest BCUT2D eigenvalue weighted by molar-refractivity contribution is 0.0679. The fraction of sp³-hybridized carbons (Fsp3) is 0.615. The molecule has 0 bridgehead atoms. The van der Waals surface area contributed by atoms with E-state index in [0.717, 1.165) is 3.79 Å². The van der Waals surface area contributed by atoms with Gasteiger partial charge in [0.1, 0.15) is 0 Å². The number of ether oxygens (including phenoxy) is 1. The van der Waals surface area contributed by atoms with E-state index in [2.05, 4.69) is 15.9 Å². The Hall–Kier alpha value is -0.440. The highest BCUT2D eigenvalue weighted by Gasteiger charge is 2.35. The van der Waals surface area contributed by atoms with Gasteiger partial charge in [0, 0.05) is 26.3 Å². The maximum Gasteiger partial charge on any atom is 0.264 e. The van der Waals surface area contributed by atoms with Crippen LogP contribution in [0.4, 0.5) is 0 Å². The van der Waals surface area contributed by atoms with Gasteiger partial charge in [0.25, 0.3) is 5.91 Å². The van der Waals surface area contributed by atoms with Crippen LogP contribution >= 0.6 is 27.3 Å². The van der Waals surface area contributed by atoms with Crippen molar-refractivity contribution in [3.63, 3.8) is 0 Å². The fourth-order valence-corrected chi connectivity index (χ4v) is 5.49. The van der Waals surface area contributed by atoms with Crippen molar-refractivity contribution in [2.75, 3.05) is 31.8 Å². The number of hydrogen-bond acceptors (Lipinski definition) is 5. The largest absolute Gasteiger partial charge is 0.385 e. The topological polar surface area (TPSA) is 63.7 Å². The molecular weight excluding hydrogens is 378 g/mol. The predicted octanol–water partition coefficient (Wildman–Crippen LogP) is 2.18. The van der Waals surface area contributed by atoms with Crippen LogP contribution in [-0.2, 0) is 14.6 Å². The Morgan fingerprint density at radius 3 is 2.81 bits per heavy atom. The Kier molecular flexibility index (Phi) is 5.81. The molecule has 1 fully saturated rings. The second kappa shape index (κ2) is 7.21. The minimum Gasteiger partial charge on any atom is -0.385 e. The molecule has 1 saturated heterocycles. The highest BCUT2D eigenvalue weighted by molar-refractivity contribution is 9.11. The van der Waals surface area contributed by atoms with Crippen LogP contribution < -0.4 is 0 Å². The number of nitrogens with zero attached hydrogens (tertiary/aromatic N) is 1. The van der Waals surface area contributed by atoms with Crippen LogP contribution in [0.5, 0.6) is 0 Å². The summed E-state index contributed by atoms with van der Waals surface area (Å²) in [5.41, 5.74) is 0. The summed E-state index contributed by atoms with van der Waals surface area (Å²) >= 11 is 4.71. The zero-order chi connectivity index (χ0) is 15.5. The average Bonchev–Trinajstić information content (AvgIpc) is 3.00. The quantitative estimate of drug-likeness (QED) is 0.692. The number of halogens is 1. The first-order chi connectivity index (χ1) is 9.93. The van der Waals surface area contributed by atoms with Gasteiger partial charge in [-0.3, -0.25) is 4.79 Å². The summed E-state index contributed by atoms with van der Waals surface area (Å²) in [5, 5.41) is 0. The van der Waals surface area contributed by atoms with Crippen molar-refractivity contribution >= 4 is 43.0 Å². The average molecular weight is 396 g/mol. The van der Waals surface area contributed by atoms with E-state index in [4.69, 9.17) is 4.74 Å². The molecule has 2 rings (SSSR count). The summed E-state index contributed by atoms with van der Waals surface area (Å²) in [7, 11) is -1.40. The van der Waals surface area contributed by atoms with Gasteiger partial charge in [-0.15, -0.1) is 11.3 Å². The molecule has 0 aromatic carbocycles. The Morgan fingerprint density at radius 2 is 2.29 bits per heavy atom. The molecule has 1 aliphatic heterocycles. The fourth-order valence-electron chi connectivity index (χ4n) is 2.42. The molecule has 118 valence electrons. The van der Waals surface area contributed by atoms with E-state index in [9.17, 15) is 13.2 Å². The summed E-state index contributed by atoms with van der Waals surface area (Å²) in [4.78, 5) is 15.0. The molecule has 0 aliphatic carbocycles. The molecule has 0 N–H and O–H groups in total. The van der Waals surface area contributed by atoms with Crippen LogP contribution in [0.25, 0.3) is 0 Å². The number of methoxy groups -OCH3 is 1. The third-order valence-electron chi connectivity index (χ3n) is 3.44. The highest BCUT2D eigenvalue weighted by atomic mass is 79.9. The molecule has 1 aliphatic rings. The van der Waals surface area contributed by atoms with E-state index in [0.29, 0.717) is 30.9 Å². The number of carbonyl (C=O) groups excluding carboxylic acids is 1. The first kappa shape index (κ1) is 16.9. The van der Waals surface area contributed by atoms with Crippen LogP contribution in [-0.4, -0.2) is 57.0 Å². The first-order valence-corrected chi connectivity index (χ1v) is 10.1. The molecule has 1 aromatic rings. The van der Waals surface area contributed by atoms with Crippen molar-refractivity contribution in [1.29, 1.82) is 0 Å². The van der Waals surface area contributed by atoms with Gasteiger partial charge in [-0.05, 0) is 40.9 Å². The smallest absolute Gasteiger partial charge is 0.264 e. The van der Waals surface area contributed by atoms with E-state index in [1.165, 1.54) is 11.3 Å². The standard InChI is InChI=1S/C13H18BrNO4S2/c1-19-7-2-6-15(10-5-8-21(17,18)9-10)13(16)11-3-4-12(14)20-11/h3-4,10H,2,5-9H2,1H3. The molecular formula is C13H18BrNO4S2. The second-order valence-corrected chi connectivity index (χ2v) is 9.70. The summed E-state index contributed by atoms with van der Waals surface area (Å²) in [5.74, 6) is 0.141. The van der Waals surface area contributed by atoms with Gasteiger partial charge in [0.2, 0.25) is 0 Å². The number of sulfone groups is 1. The third-order valence-corrected chi connectivity index (χ3v) is 6.80. The molecule has 2 heterocycles. The van der Waals surface area contributed by atoms with E-state index in [-0.39, 0.29) is 23.5 Å². The molecule has 5 nitrogen and oxygen atoms in total. The zero-order valence-corrected chi connectivity index (χ0v) is 15.0. The second-order valence-electron chi connectivity index (χ2n) is 5.01. The third kappa shape index (κ3) is 4.51. The Labute approximate surface area is 137 Å². The van der Waals surface area contributed by atoms with Crippen molar-refractivity contribution < 1.29 is 17.9 Å². The maximum absolute atomic E-state index is 12.6. The van der Waals surface area contributed by atoms with Gasteiger partial charge in [-0.1, -0.05) is 0 Å². The molecule has 1 aromatic heterocycles.